The maximum absolute atomic E-state index is 13.5. The topological polar surface area (TPSA) is 18.5 Å². The Kier molecular flexibility index (Phi) is 7.84. The number of fused-ring (bicyclic) bond motifs is 2. The molecule has 37 heavy (non-hydrogen) atoms. The summed E-state index contributed by atoms with van der Waals surface area (Å²) in [5, 5.41) is 0. The monoisotopic (exact) mass is 664 g/mol. The van der Waals surface area contributed by atoms with Gasteiger partial charge in [0.1, 0.15) is 11.5 Å². The predicted molar refractivity (Wildman–Crippen MR) is 127 cm³/mol. The summed E-state index contributed by atoms with van der Waals surface area (Å²) in [4.78, 5) is -9.01. The van der Waals surface area contributed by atoms with Gasteiger partial charge in [0.15, 0.2) is 0 Å². The van der Waals surface area contributed by atoms with Crippen LogP contribution in [0.25, 0.3) is 0 Å². The number of ether oxygens (including phenoxy) is 2. The molecular formula is C25H22Br2F8O2. The highest BCUT2D eigenvalue weighted by Crippen LogP contribution is 2.51. The van der Waals surface area contributed by atoms with E-state index in [1.807, 2.05) is 0 Å². The van der Waals surface area contributed by atoms with Crippen molar-refractivity contribution in [3.8, 4) is 11.5 Å². The number of hydrogen-bond donors (Lipinski definition) is 0. The molecule has 0 aromatic heterocycles. The van der Waals surface area contributed by atoms with Crippen LogP contribution in [0.5, 0.6) is 11.5 Å². The SMILES string of the molecule is FC(F)(Br)C(F)(F)Oc1ccc(C2CC3CC(C2)CC(c2ccc(OC(F)(F)C(F)(F)Br)cc2)C3)cc1. The van der Waals surface area contributed by atoms with Gasteiger partial charge >= 0.3 is 21.9 Å². The molecule has 2 aliphatic carbocycles. The fourth-order valence-electron chi connectivity index (χ4n) is 5.42. The van der Waals surface area contributed by atoms with Gasteiger partial charge in [-0.25, -0.2) is 0 Å². The number of hydrogen-bond acceptors (Lipinski definition) is 2. The fraction of sp³-hybridized carbons (Fsp3) is 0.520. The molecule has 0 atom stereocenters. The highest BCUT2D eigenvalue weighted by molar-refractivity contribution is 9.10. The van der Waals surface area contributed by atoms with Gasteiger partial charge < -0.3 is 9.47 Å². The van der Waals surface area contributed by atoms with Crippen molar-refractivity contribution in [1.82, 2.24) is 0 Å². The maximum atomic E-state index is 13.5. The van der Waals surface area contributed by atoms with Gasteiger partial charge in [-0.2, -0.15) is 35.1 Å². The summed E-state index contributed by atoms with van der Waals surface area (Å²) in [5.41, 5.74) is 1.83. The zero-order chi connectivity index (χ0) is 27.2. The summed E-state index contributed by atoms with van der Waals surface area (Å²) in [7, 11) is 0. The molecule has 0 spiro atoms. The van der Waals surface area contributed by atoms with Crippen molar-refractivity contribution in [3.63, 3.8) is 0 Å². The Balaban J connectivity index is 1.37. The summed E-state index contributed by atoms with van der Waals surface area (Å²) >= 11 is 3.26. The van der Waals surface area contributed by atoms with Crippen molar-refractivity contribution in [1.29, 1.82) is 0 Å². The Hall–Kier alpha value is -1.56. The van der Waals surface area contributed by atoms with E-state index in [1.165, 1.54) is 24.3 Å². The van der Waals surface area contributed by atoms with Crippen molar-refractivity contribution >= 4 is 31.9 Å². The molecule has 2 fully saturated rings. The summed E-state index contributed by atoms with van der Waals surface area (Å²) in [6.07, 6.45) is -4.93. The third kappa shape index (κ3) is 6.54. The quantitative estimate of drug-likeness (QED) is 0.207. The number of benzene rings is 2. The fourth-order valence-corrected chi connectivity index (χ4v) is 5.58. The third-order valence-electron chi connectivity index (χ3n) is 6.99. The summed E-state index contributed by atoms with van der Waals surface area (Å²) in [5.74, 6) is 0.383. The average Bonchev–Trinajstić information content (AvgIpc) is 2.77. The van der Waals surface area contributed by atoms with Crippen molar-refractivity contribution in [2.45, 2.75) is 65.8 Å². The van der Waals surface area contributed by atoms with E-state index in [4.69, 9.17) is 0 Å². The first-order valence-corrected chi connectivity index (χ1v) is 13.1. The van der Waals surface area contributed by atoms with Crippen LogP contribution < -0.4 is 9.47 Å². The Morgan fingerprint density at radius 2 is 0.811 bits per heavy atom. The summed E-state index contributed by atoms with van der Waals surface area (Å²) in [6, 6.07) is 11.5. The van der Waals surface area contributed by atoms with Crippen molar-refractivity contribution < 1.29 is 44.6 Å². The van der Waals surface area contributed by atoms with E-state index in [1.54, 1.807) is 56.1 Å². The molecule has 0 aliphatic heterocycles. The minimum Gasteiger partial charge on any atom is -0.427 e. The first-order chi connectivity index (χ1) is 17.0. The van der Waals surface area contributed by atoms with Gasteiger partial charge in [-0.3, -0.25) is 0 Å². The maximum Gasteiger partial charge on any atom is 0.475 e. The molecule has 204 valence electrons. The van der Waals surface area contributed by atoms with E-state index in [-0.39, 0.29) is 23.3 Å². The summed E-state index contributed by atoms with van der Waals surface area (Å²) < 4.78 is 114. The van der Waals surface area contributed by atoms with Gasteiger partial charge in [-0.15, -0.1) is 0 Å². The molecule has 4 rings (SSSR count). The Bertz CT molecular complexity index is 971. The minimum absolute atomic E-state index is 0.181. The molecule has 0 radical (unpaired) electrons. The van der Waals surface area contributed by atoms with Crippen molar-refractivity contribution in [2.75, 3.05) is 0 Å². The molecule has 2 aromatic carbocycles. The van der Waals surface area contributed by atoms with Crippen molar-refractivity contribution in [2.24, 2.45) is 11.8 Å². The van der Waals surface area contributed by atoms with Crippen LogP contribution in [0.1, 0.15) is 55.1 Å². The molecule has 12 heteroatoms. The molecule has 2 bridgehead atoms. The van der Waals surface area contributed by atoms with Gasteiger partial charge in [0, 0.05) is 31.9 Å². The van der Waals surface area contributed by atoms with Crippen LogP contribution in [-0.4, -0.2) is 21.9 Å². The Morgan fingerprint density at radius 1 is 0.514 bits per heavy atom. The number of halogens is 10. The molecule has 0 heterocycles. The second-order valence-electron chi connectivity index (χ2n) is 9.68. The molecule has 2 saturated carbocycles. The van der Waals surface area contributed by atoms with Crippen LogP contribution in [0.4, 0.5) is 35.1 Å². The second kappa shape index (κ2) is 10.2. The lowest BCUT2D eigenvalue weighted by Gasteiger charge is -2.43. The molecule has 0 saturated heterocycles. The van der Waals surface area contributed by atoms with Crippen LogP contribution in [0.15, 0.2) is 48.5 Å². The van der Waals surface area contributed by atoms with E-state index in [2.05, 4.69) is 9.47 Å². The van der Waals surface area contributed by atoms with Crippen LogP contribution in [0.3, 0.4) is 0 Å². The lowest BCUT2D eigenvalue weighted by Crippen LogP contribution is -2.40. The normalized spacial score (nSPS) is 25.0. The Morgan fingerprint density at radius 3 is 1.08 bits per heavy atom. The van der Waals surface area contributed by atoms with Crippen LogP contribution in [-0.2, 0) is 0 Å². The highest BCUT2D eigenvalue weighted by Gasteiger charge is 2.58. The van der Waals surface area contributed by atoms with Gasteiger partial charge in [0.05, 0.1) is 0 Å². The van der Waals surface area contributed by atoms with Gasteiger partial charge in [-0.1, -0.05) is 24.3 Å². The molecular weight excluding hydrogens is 644 g/mol. The standard InChI is InChI=1S/C25H22Br2F8O2/c26-22(28,29)24(32,33)36-20-5-1-16(2-6-20)18-10-14-9-15(11-18)13-19(12-14)17-3-7-21(8-4-17)37-25(34,35)23(27,30)31/h1-8,14-15,18-19H,9-13H2. The van der Waals surface area contributed by atoms with Gasteiger partial charge in [0.25, 0.3) is 0 Å². The first-order valence-electron chi connectivity index (χ1n) is 11.5. The third-order valence-corrected chi connectivity index (χ3v) is 7.92. The minimum atomic E-state index is -4.70. The van der Waals surface area contributed by atoms with Gasteiger partial charge in [-0.05, 0) is 91.2 Å². The predicted octanol–water partition coefficient (Wildman–Crippen LogP) is 9.68. The molecule has 2 nitrogen and oxygen atoms in total. The average molecular weight is 666 g/mol. The molecule has 0 N–H and O–H groups in total. The number of alkyl halides is 10. The smallest absolute Gasteiger partial charge is 0.427 e. The number of rotatable bonds is 8. The lowest BCUT2D eigenvalue weighted by molar-refractivity contribution is -0.266. The zero-order valence-corrected chi connectivity index (χ0v) is 22.2. The van der Waals surface area contributed by atoms with Crippen LogP contribution in [0, 0.1) is 11.8 Å². The molecule has 2 aliphatic rings. The van der Waals surface area contributed by atoms with Crippen LogP contribution in [0.2, 0.25) is 0 Å². The Labute approximate surface area is 225 Å². The second-order valence-corrected chi connectivity index (χ2v) is 11.7. The van der Waals surface area contributed by atoms with Crippen molar-refractivity contribution in [3.05, 3.63) is 59.7 Å². The van der Waals surface area contributed by atoms with E-state index >= 15 is 0 Å². The van der Waals surface area contributed by atoms with E-state index < -0.39 is 21.9 Å². The van der Waals surface area contributed by atoms with E-state index in [0.29, 0.717) is 11.8 Å². The first kappa shape index (κ1) is 28.4. The zero-order valence-electron chi connectivity index (χ0n) is 19.1. The highest BCUT2D eigenvalue weighted by atomic mass is 79.9. The van der Waals surface area contributed by atoms with E-state index in [9.17, 15) is 35.1 Å². The van der Waals surface area contributed by atoms with Gasteiger partial charge in [0.2, 0.25) is 0 Å². The van der Waals surface area contributed by atoms with Crippen LogP contribution >= 0.6 is 31.9 Å². The van der Waals surface area contributed by atoms with E-state index in [0.717, 1.165) is 43.2 Å². The lowest BCUT2D eigenvalue weighted by atomic mass is 9.62. The molecule has 0 amide bonds. The molecule has 0 unspecified atom stereocenters. The largest absolute Gasteiger partial charge is 0.475 e. The summed E-state index contributed by atoms with van der Waals surface area (Å²) in [6.45, 7) is 0. The molecule has 2 aromatic rings.